The monoisotopic (exact) mass is 335 g/mol. The Bertz CT molecular complexity index is 455. The first-order chi connectivity index (χ1) is 9.02. The van der Waals surface area contributed by atoms with Gasteiger partial charge >= 0.3 is 0 Å². The third-order valence-electron chi connectivity index (χ3n) is 2.71. The highest BCUT2D eigenvalue weighted by Gasteiger charge is 2.23. The predicted molar refractivity (Wildman–Crippen MR) is 72.7 cm³/mol. The molecule has 0 saturated carbocycles. The molecule has 0 heterocycles. The molecule has 0 spiro atoms. The number of methoxy groups -OCH3 is 1. The summed E-state index contributed by atoms with van der Waals surface area (Å²) in [6, 6.07) is 2.42. The van der Waals surface area contributed by atoms with Crippen LogP contribution in [-0.4, -0.2) is 42.9 Å². The number of halogens is 3. The molecule has 19 heavy (non-hydrogen) atoms. The van der Waals surface area contributed by atoms with E-state index in [4.69, 9.17) is 4.74 Å². The maximum atomic E-state index is 13.9. The molecule has 1 rings (SSSR count). The number of aryl methyl sites for hydroxylation is 1. The molecule has 0 atom stereocenters. The zero-order valence-corrected chi connectivity index (χ0v) is 12.5. The first-order valence-electron chi connectivity index (χ1n) is 5.81. The number of nitrogens with zero attached hydrogens (tertiary/aromatic N) is 1. The van der Waals surface area contributed by atoms with Gasteiger partial charge in [0.25, 0.3) is 5.91 Å². The molecule has 0 bridgehead atoms. The van der Waals surface area contributed by atoms with Crippen molar-refractivity contribution in [3.63, 3.8) is 0 Å². The summed E-state index contributed by atoms with van der Waals surface area (Å²) in [6.45, 7) is 2.45. The summed E-state index contributed by atoms with van der Waals surface area (Å²) in [5.41, 5.74) is -0.257. The molecule has 0 fully saturated rings. The summed E-state index contributed by atoms with van der Waals surface area (Å²) in [7, 11) is 1.50. The number of hydrogen-bond donors (Lipinski definition) is 0. The Hall–Kier alpha value is -1.01. The lowest BCUT2D eigenvalue weighted by molar-refractivity contribution is 0.0699. The number of hydrogen-bond acceptors (Lipinski definition) is 2. The molecule has 0 N–H and O–H groups in total. The Balaban J connectivity index is 3.05. The first kappa shape index (κ1) is 16.0. The molecule has 0 aliphatic rings. The Morgan fingerprint density at radius 1 is 1.37 bits per heavy atom. The highest BCUT2D eigenvalue weighted by molar-refractivity contribution is 9.09. The van der Waals surface area contributed by atoms with Crippen molar-refractivity contribution in [2.24, 2.45) is 0 Å². The van der Waals surface area contributed by atoms with Gasteiger partial charge in [-0.1, -0.05) is 22.0 Å². The van der Waals surface area contributed by atoms with Crippen LogP contribution in [-0.2, 0) is 4.74 Å². The van der Waals surface area contributed by atoms with Crippen molar-refractivity contribution in [3.8, 4) is 0 Å². The van der Waals surface area contributed by atoms with Gasteiger partial charge in [0.05, 0.1) is 6.61 Å². The maximum absolute atomic E-state index is 13.9. The Labute approximate surface area is 119 Å². The molecule has 3 nitrogen and oxygen atoms in total. The van der Waals surface area contributed by atoms with E-state index in [2.05, 4.69) is 15.9 Å². The van der Waals surface area contributed by atoms with Gasteiger partial charge in [-0.15, -0.1) is 0 Å². The average molecular weight is 336 g/mol. The third-order valence-corrected chi connectivity index (χ3v) is 3.06. The molecule has 0 saturated heterocycles. The molecule has 0 unspecified atom stereocenters. The fourth-order valence-corrected chi connectivity index (χ4v) is 2.06. The van der Waals surface area contributed by atoms with Gasteiger partial charge < -0.3 is 9.64 Å². The summed E-state index contributed by atoms with van der Waals surface area (Å²) < 4.78 is 32.5. The number of rotatable bonds is 6. The summed E-state index contributed by atoms with van der Waals surface area (Å²) in [5.74, 6) is -2.30. The Morgan fingerprint density at radius 2 is 2.05 bits per heavy atom. The smallest absolute Gasteiger partial charge is 0.259 e. The van der Waals surface area contributed by atoms with Crippen LogP contribution in [0.3, 0.4) is 0 Å². The molecule has 1 aromatic carbocycles. The van der Waals surface area contributed by atoms with Crippen LogP contribution in [0.5, 0.6) is 0 Å². The quantitative estimate of drug-likeness (QED) is 0.748. The number of carbonyl (C=O) groups excluding carboxylic acids is 1. The van der Waals surface area contributed by atoms with E-state index in [0.717, 1.165) is 6.07 Å². The lowest BCUT2D eigenvalue weighted by Gasteiger charge is -2.22. The van der Waals surface area contributed by atoms with Crippen molar-refractivity contribution >= 4 is 21.8 Å². The number of amides is 1. The topological polar surface area (TPSA) is 29.5 Å². The number of benzene rings is 1. The molecule has 0 aromatic heterocycles. The fourth-order valence-electron chi connectivity index (χ4n) is 1.63. The molecule has 0 radical (unpaired) electrons. The third kappa shape index (κ3) is 3.98. The van der Waals surface area contributed by atoms with Gasteiger partial charge in [0.15, 0.2) is 0 Å². The second-order valence-corrected chi connectivity index (χ2v) is 4.82. The van der Waals surface area contributed by atoms with Gasteiger partial charge in [-0.3, -0.25) is 4.79 Å². The second kappa shape index (κ2) is 7.55. The summed E-state index contributed by atoms with van der Waals surface area (Å²) in [4.78, 5) is 13.6. The van der Waals surface area contributed by atoms with Gasteiger partial charge in [0.2, 0.25) is 0 Å². The fraction of sp³-hybridized carbons (Fsp3) is 0.462. The summed E-state index contributed by atoms with van der Waals surface area (Å²) in [5, 5.41) is 0.525. The van der Waals surface area contributed by atoms with Gasteiger partial charge in [-0.25, -0.2) is 8.78 Å². The van der Waals surface area contributed by atoms with Crippen LogP contribution in [0.1, 0.15) is 15.9 Å². The van der Waals surface area contributed by atoms with E-state index in [9.17, 15) is 13.6 Å². The standard InChI is InChI=1S/C13H16BrF2NO2/c1-9-3-4-10(15)11(12(9)16)13(18)17(6-5-14)7-8-19-2/h3-4H,5-8H2,1-2H3. The zero-order chi connectivity index (χ0) is 14.4. The van der Waals surface area contributed by atoms with Crippen molar-refractivity contribution < 1.29 is 18.3 Å². The van der Waals surface area contributed by atoms with E-state index in [1.54, 1.807) is 0 Å². The van der Waals surface area contributed by atoms with Gasteiger partial charge in [-0.05, 0) is 18.6 Å². The van der Waals surface area contributed by atoms with Crippen molar-refractivity contribution in [2.75, 3.05) is 32.1 Å². The minimum absolute atomic E-state index is 0.246. The second-order valence-electron chi connectivity index (χ2n) is 4.03. The van der Waals surface area contributed by atoms with Gasteiger partial charge in [0.1, 0.15) is 17.2 Å². The number of carbonyl (C=O) groups is 1. The average Bonchev–Trinajstić information content (AvgIpc) is 2.39. The minimum Gasteiger partial charge on any atom is -0.383 e. The zero-order valence-electron chi connectivity index (χ0n) is 10.9. The SMILES string of the molecule is COCCN(CCBr)C(=O)c1c(F)ccc(C)c1F. The molecule has 0 aliphatic carbocycles. The highest BCUT2D eigenvalue weighted by atomic mass is 79.9. The van der Waals surface area contributed by atoms with Crippen molar-refractivity contribution in [3.05, 3.63) is 34.9 Å². The first-order valence-corrected chi connectivity index (χ1v) is 6.93. The Morgan fingerprint density at radius 3 is 2.63 bits per heavy atom. The van der Waals surface area contributed by atoms with Gasteiger partial charge in [0, 0.05) is 25.5 Å². The van der Waals surface area contributed by atoms with Crippen molar-refractivity contribution in [2.45, 2.75) is 6.92 Å². The van der Waals surface area contributed by atoms with Crippen LogP contribution in [0.2, 0.25) is 0 Å². The summed E-state index contributed by atoms with van der Waals surface area (Å²) >= 11 is 3.21. The van der Waals surface area contributed by atoms with Crippen LogP contribution in [0, 0.1) is 18.6 Å². The van der Waals surface area contributed by atoms with E-state index in [-0.39, 0.29) is 12.1 Å². The van der Waals surface area contributed by atoms with Crippen LogP contribution < -0.4 is 0 Å². The normalized spacial score (nSPS) is 10.6. The molecule has 0 aliphatic heterocycles. The number of ether oxygens (including phenoxy) is 1. The lowest BCUT2D eigenvalue weighted by Crippen LogP contribution is -2.36. The summed E-state index contributed by atoms with van der Waals surface area (Å²) in [6.07, 6.45) is 0. The molecule has 6 heteroatoms. The minimum atomic E-state index is -0.843. The van der Waals surface area contributed by atoms with E-state index in [1.165, 1.54) is 25.0 Å². The van der Waals surface area contributed by atoms with E-state index < -0.39 is 23.1 Å². The van der Waals surface area contributed by atoms with Crippen molar-refractivity contribution in [1.29, 1.82) is 0 Å². The van der Waals surface area contributed by atoms with Crippen molar-refractivity contribution in [1.82, 2.24) is 4.90 Å². The Kier molecular flexibility index (Phi) is 6.37. The van der Waals surface area contributed by atoms with E-state index in [0.29, 0.717) is 18.5 Å². The molecule has 1 aromatic rings. The molecule has 106 valence electrons. The van der Waals surface area contributed by atoms with Crippen LogP contribution >= 0.6 is 15.9 Å². The highest BCUT2D eigenvalue weighted by Crippen LogP contribution is 2.18. The molecular formula is C13H16BrF2NO2. The van der Waals surface area contributed by atoms with Crippen LogP contribution in [0.15, 0.2) is 12.1 Å². The molecular weight excluding hydrogens is 320 g/mol. The lowest BCUT2D eigenvalue weighted by atomic mass is 10.1. The van der Waals surface area contributed by atoms with E-state index >= 15 is 0 Å². The molecule has 1 amide bonds. The largest absolute Gasteiger partial charge is 0.383 e. The predicted octanol–water partition coefficient (Wildman–Crippen LogP) is 2.76. The number of alkyl halides is 1. The maximum Gasteiger partial charge on any atom is 0.259 e. The van der Waals surface area contributed by atoms with Crippen LogP contribution in [0.4, 0.5) is 8.78 Å². The van der Waals surface area contributed by atoms with Gasteiger partial charge in [-0.2, -0.15) is 0 Å². The van der Waals surface area contributed by atoms with Crippen LogP contribution in [0.25, 0.3) is 0 Å². The van der Waals surface area contributed by atoms with E-state index in [1.807, 2.05) is 0 Å².